The summed E-state index contributed by atoms with van der Waals surface area (Å²) in [6.45, 7) is 0.217. The predicted molar refractivity (Wildman–Crippen MR) is 85.7 cm³/mol. The summed E-state index contributed by atoms with van der Waals surface area (Å²) in [6, 6.07) is 8.32. The van der Waals surface area contributed by atoms with Crippen molar-refractivity contribution in [2.75, 3.05) is 6.79 Å². The molecule has 114 valence electrons. The lowest BCUT2D eigenvalue weighted by Gasteiger charge is -2.09. The van der Waals surface area contributed by atoms with Crippen molar-refractivity contribution in [1.82, 2.24) is 0 Å². The van der Waals surface area contributed by atoms with Crippen LogP contribution in [0.25, 0.3) is 12.2 Å². The van der Waals surface area contributed by atoms with Gasteiger partial charge in [0.05, 0.1) is 0 Å². The van der Waals surface area contributed by atoms with E-state index in [2.05, 4.69) is 0 Å². The molecule has 0 unspecified atom stereocenters. The Balaban J connectivity index is 1.89. The fraction of sp³-hybridized carbons (Fsp3) is 0.133. The number of ether oxygens (including phenoxy) is 2. The molecule has 0 amide bonds. The maximum Gasteiger partial charge on any atom is 0.336 e. The van der Waals surface area contributed by atoms with Gasteiger partial charge in [-0.3, -0.25) is 0 Å². The van der Waals surface area contributed by atoms with Crippen molar-refractivity contribution in [3.05, 3.63) is 57.6 Å². The first-order valence-corrected chi connectivity index (χ1v) is 7.35. The first-order valence-electron chi connectivity index (χ1n) is 6.22. The van der Waals surface area contributed by atoms with Gasteiger partial charge in [-0.1, -0.05) is 53.0 Å². The van der Waals surface area contributed by atoms with E-state index < -0.39 is 9.42 Å². The smallest absolute Gasteiger partial charge is 0.336 e. The third-order valence-corrected chi connectivity index (χ3v) is 3.50. The van der Waals surface area contributed by atoms with Gasteiger partial charge in [-0.25, -0.2) is 4.79 Å². The molecule has 3 rings (SSSR count). The SMILES string of the molecule is O=c1cc(C=Cc2ccc3c(c2)OCO3)cc(C(Cl)(Cl)Cl)o1. The van der Waals surface area contributed by atoms with Gasteiger partial charge in [0, 0.05) is 6.07 Å². The van der Waals surface area contributed by atoms with Crippen molar-refractivity contribution in [2.45, 2.75) is 3.79 Å². The van der Waals surface area contributed by atoms with E-state index in [0.717, 1.165) is 5.56 Å². The van der Waals surface area contributed by atoms with Crippen LogP contribution in [0.3, 0.4) is 0 Å². The molecule has 1 aliphatic rings. The highest BCUT2D eigenvalue weighted by Gasteiger charge is 2.26. The molecule has 0 spiro atoms. The minimum absolute atomic E-state index is 0.0321. The van der Waals surface area contributed by atoms with Gasteiger partial charge < -0.3 is 13.9 Å². The number of halogens is 3. The highest BCUT2D eigenvalue weighted by molar-refractivity contribution is 6.66. The first-order chi connectivity index (χ1) is 10.4. The molecule has 0 fully saturated rings. The lowest BCUT2D eigenvalue weighted by molar-refractivity contribution is 0.174. The Bertz CT molecular complexity index is 790. The summed E-state index contributed by atoms with van der Waals surface area (Å²) in [5.41, 5.74) is 0.859. The van der Waals surface area contributed by atoms with Gasteiger partial charge in [-0.2, -0.15) is 0 Å². The van der Waals surface area contributed by atoms with Crippen molar-refractivity contribution in [3.63, 3.8) is 0 Å². The first kappa shape index (κ1) is 15.3. The van der Waals surface area contributed by atoms with E-state index in [1.165, 1.54) is 12.1 Å². The van der Waals surface area contributed by atoms with E-state index in [0.29, 0.717) is 17.1 Å². The van der Waals surface area contributed by atoms with Crippen LogP contribution >= 0.6 is 34.8 Å². The standard InChI is InChI=1S/C15H9Cl3O4/c16-15(17,18)13-6-10(7-14(19)22-13)2-1-9-3-4-11-12(5-9)21-8-20-11/h1-7H,8H2. The Morgan fingerprint density at radius 3 is 2.45 bits per heavy atom. The van der Waals surface area contributed by atoms with Crippen molar-refractivity contribution in [2.24, 2.45) is 0 Å². The van der Waals surface area contributed by atoms with Gasteiger partial charge in [0.15, 0.2) is 17.3 Å². The number of hydrogen-bond donors (Lipinski definition) is 0. The molecule has 1 aromatic carbocycles. The fourth-order valence-corrected chi connectivity index (χ4v) is 2.22. The van der Waals surface area contributed by atoms with Crippen molar-refractivity contribution in [1.29, 1.82) is 0 Å². The summed E-state index contributed by atoms with van der Waals surface area (Å²) in [7, 11) is 0. The van der Waals surface area contributed by atoms with E-state index in [-0.39, 0.29) is 12.6 Å². The number of fused-ring (bicyclic) bond motifs is 1. The maximum atomic E-state index is 11.5. The molecule has 0 saturated carbocycles. The molecule has 4 nitrogen and oxygen atoms in total. The van der Waals surface area contributed by atoms with E-state index in [4.69, 9.17) is 48.7 Å². The van der Waals surface area contributed by atoms with Crippen LogP contribution in [0.5, 0.6) is 11.5 Å². The molecular formula is C15H9Cl3O4. The van der Waals surface area contributed by atoms with Gasteiger partial charge in [0.25, 0.3) is 0 Å². The Morgan fingerprint density at radius 1 is 0.955 bits per heavy atom. The topological polar surface area (TPSA) is 48.7 Å². The van der Waals surface area contributed by atoms with Crippen LogP contribution in [0.15, 0.2) is 39.5 Å². The molecule has 2 heterocycles. The number of rotatable bonds is 2. The van der Waals surface area contributed by atoms with Crippen LogP contribution < -0.4 is 15.1 Å². The van der Waals surface area contributed by atoms with E-state index >= 15 is 0 Å². The van der Waals surface area contributed by atoms with Gasteiger partial charge >= 0.3 is 5.63 Å². The summed E-state index contributed by atoms with van der Waals surface area (Å²) < 4.78 is 13.6. The lowest BCUT2D eigenvalue weighted by atomic mass is 10.1. The van der Waals surface area contributed by atoms with Gasteiger partial charge in [0.1, 0.15) is 0 Å². The quantitative estimate of drug-likeness (QED) is 0.747. The Morgan fingerprint density at radius 2 is 1.68 bits per heavy atom. The van der Waals surface area contributed by atoms with Crippen LogP contribution in [-0.4, -0.2) is 6.79 Å². The van der Waals surface area contributed by atoms with Crippen molar-refractivity contribution >= 4 is 47.0 Å². The minimum atomic E-state index is -1.79. The van der Waals surface area contributed by atoms with E-state index in [9.17, 15) is 4.79 Å². The summed E-state index contributed by atoms with van der Waals surface area (Å²) in [5.74, 6) is 1.35. The molecule has 0 atom stereocenters. The average molecular weight is 360 g/mol. The second-order valence-corrected chi connectivity index (χ2v) is 6.80. The highest BCUT2D eigenvalue weighted by Crippen LogP contribution is 2.38. The molecule has 1 aromatic heterocycles. The summed E-state index contributed by atoms with van der Waals surface area (Å²) in [6.07, 6.45) is 3.52. The second-order valence-electron chi connectivity index (χ2n) is 4.52. The largest absolute Gasteiger partial charge is 0.454 e. The summed E-state index contributed by atoms with van der Waals surface area (Å²) in [5, 5.41) is 0. The number of benzene rings is 1. The maximum absolute atomic E-state index is 11.5. The molecule has 0 aliphatic carbocycles. The van der Waals surface area contributed by atoms with Crippen LogP contribution in [0.1, 0.15) is 16.9 Å². The highest BCUT2D eigenvalue weighted by atomic mass is 35.6. The van der Waals surface area contributed by atoms with Crippen LogP contribution in [0.4, 0.5) is 0 Å². The molecule has 0 N–H and O–H groups in total. The number of alkyl halides is 3. The van der Waals surface area contributed by atoms with Crippen molar-refractivity contribution in [3.8, 4) is 11.5 Å². The summed E-state index contributed by atoms with van der Waals surface area (Å²) in [4.78, 5) is 11.5. The zero-order valence-electron chi connectivity index (χ0n) is 11.0. The summed E-state index contributed by atoms with van der Waals surface area (Å²) >= 11 is 17.2. The van der Waals surface area contributed by atoms with Gasteiger partial charge in [-0.15, -0.1) is 0 Å². The third kappa shape index (κ3) is 3.40. The Kier molecular flexibility index (Phi) is 4.08. The fourth-order valence-electron chi connectivity index (χ4n) is 1.94. The van der Waals surface area contributed by atoms with Gasteiger partial charge in [0.2, 0.25) is 10.6 Å². The third-order valence-electron chi connectivity index (χ3n) is 2.94. The molecular weight excluding hydrogens is 351 g/mol. The molecule has 2 aromatic rings. The molecule has 0 saturated heterocycles. The van der Waals surface area contributed by atoms with E-state index in [1.54, 1.807) is 12.2 Å². The molecule has 0 bridgehead atoms. The molecule has 0 radical (unpaired) electrons. The lowest BCUT2D eigenvalue weighted by Crippen LogP contribution is -2.07. The van der Waals surface area contributed by atoms with E-state index in [1.807, 2.05) is 18.2 Å². The van der Waals surface area contributed by atoms with Crippen molar-refractivity contribution < 1.29 is 13.9 Å². The molecule has 7 heteroatoms. The predicted octanol–water partition coefficient (Wildman–Crippen LogP) is 4.37. The zero-order valence-corrected chi connectivity index (χ0v) is 13.3. The van der Waals surface area contributed by atoms with Crippen LogP contribution in [0.2, 0.25) is 0 Å². The van der Waals surface area contributed by atoms with Gasteiger partial charge in [-0.05, 0) is 29.3 Å². The normalized spacial score (nSPS) is 13.8. The second kappa shape index (κ2) is 5.88. The Hall–Kier alpha value is -1.62. The Labute approximate surface area is 140 Å². The minimum Gasteiger partial charge on any atom is -0.454 e. The van der Waals surface area contributed by atoms with Crippen LogP contribution in [0, 0.1) is 0 Å². The number of hydrogen-bond acceptors (Lipinski definition) is 4. The molecule has 1 aliphatic heterocycles. The van der Waals surface area contributed by atoms with Crippen LogP contribution in [-0.2, 0) is 3.79 Å². The average Bonchev–Trinajstić information content (AvgIpc) is 2.91. The zero-order chi connectivity index (χ0) is 15.7. The molecule has 22 heavy (non-hydrogen) atoms. The monoisotopic (exact) mass is 358 g/mol.